The van der Waals surface area contributed by atoms with Crippen molar-refractivity contribution in [2.45, 2.75) is 46.3 Å². The van der Waals surface area contributed by atoms with Gasteiger partial charge in [-0.05, 0) is 25.2 Å². The van der Waals surface area contributed by atoms with Gasteiger partial charge in [-0.2, -0.15) is 4.31 Å². The molecule has 1 aliphatic rings. The molecule has 0 amide bonds. The van der Waals surface area contributed by atoms with Crippen LogP contribution in [0.4, 0.5) is 0 Å². The topological polar surface area (TPSA) is 91.0 Å². The van der Waals surface area contributed by atoms with Crippen LogP contribution in [-0.4, -0.2) is 68.0 Å². The molecule has 1 fully saturated rings. The van der Waals surface area contributed by atoms with Gasteiger partial charge < -0.3 is 14.7 Å². The highest BCUT2D eigenvalue weighted by Gasteiger charge is 2.29. The second-order valence-electron chi connectivity index (χ2n) is 8.03. The molecule has 0 saturated carbocycles. The van der Waals surface area contributed by atoms with E-state index in [4.69, 9.17) is 9.52 Å². The Morgan fingerprint density at radius 1 is 1.29 bits per heavy atom. The quantitative estimate of drug-likeness (QED) is 0.254. The molecule has 0 spiro atoms. The van der Waals surface area contributed by atoms with Gasteiger partial charge in [-0.25, -0.2) is 8.42 Å². The van der Waals surface area contributed by atoms with Crippen LogP contribution in [0.15, 0.2) is 21.8 Å². The molecule has 0 atom stereocenters. The smallest absolute Gasteiger partial charge is 0.220 e. The molecular formula is C18H34IN5O3S. The molecular weight excluding hydrogens is 493 g/mol. The third-order valence-electron chi connectivity index (χ3n) is 4.43. The van der Waals surface area contributed by atoms with Crippen molar-refractivity contribution >= 4 is 40.0 Å². The van der Waals surface area contributed by atoms with Crippen molar-refractivity contribution in [3.63, 3.8) is 0 Å². The number of sulfonamides is 1. The second-order valence-corrected chi connectivity index (χ2v) is 10.0. The SMILES string of the molecule is CCNC(=NCCCC(C)(C)C)N1CCN(S(=O)(=O)Cc2ccon2)CC1.I. The number of aliphatic imine (C=N–C) groups is 1. The summed E-state index contributed by atoms with van der Waals surface area (Å²) in [5.41, 5.74) is 0.753. The van der Waals surface area contributed by atoms with Crippen LogP contribution in [0.3, 0.4) is 0 Å². The Morgan fingerprint density at radius 2 is 1.96 bits per heavy atom. The summed E-state index contributed by atoms with van der Waals surface area (Å²) in [6.07, 6.45) is 3.57. The third-order valence-corrected chi connectivity index (χ3v) is 6.25. The van der Waals surface area contributed by atoms with E-state index in [1.165, 1.54) is 10.6 Å². The van der Waals surface area contributed by atoms with Crippen LogP contribution in [0.2, 0.25) is 0 Å². The lowest BCUT2D eigenvalue weighted by Gasteiger charge is -2.35. The van der Waals surface area contributed by atoms with Crippen molar-refractivity contribution in [2.24, 2.45) is 10.4 Å². The van der Waals surface area contributed by atoms with Crippen LogP contribution in [0, 0.1) is 5.41 Å². The van der Waals surface area contributed by atoms with Crippen molar-refractivity contribution in [2.75, 3.05) is 39.3 Å². The minimum absolute atomic E-state index is 0. The average Bonchev–Trinajstić information content (AvgIpc) is 3.09. The van der Waals surface area contributed by atoms with Crippen molar-refractivity contribution < 1.29 is 12.9 Å². The van der Waals surface area contributed by atoms with Gasteiger partial charge in [-0.3, -0.25) is 4.99 Å². The largest absolute Gasteiger partial charge is 0.364 e. The van der Waals surface area contributed by atoms with Crippen LogP contribution in [0.5, 0.6) is 0 Å². The van der Waals surface area contributed by atoms with Crippen LogP contribution in [-0.2, 0) is 15.8 Å². The van der Waals surface area contributed by atoms with Gasteiger partial charge in [0.15, 0.2) is 5.96 Å². The van der Waals surface area contributed by atoms with Crippen molar-refractivity contribution in [3.8, 4) is 0 Å². The van der Waals surface area contributed by atoms with E-state index in [1.807, 2.05) is 6.92 Å². The van der Waals surface area contributed by atoms with Crippen LogP contribution in [0.1, 0.15) is 46.2 Å². The Bertz CT molecular complexity index is 693. The fourth-order valence-electron chi connectivity index (χ4n) is 2.99. The maximum Gasteiger partial charge on any atom is 0.220 e. The number of nitrogens with one attached hydrogen (secondary N) is 1. The number of nitrogens with zero attached hydrogens (tertiary/aromatic N) is 4. The molecule has 0 aliphatic carbocycles. The first-order valence-corrected chi connectivity index (χ1v) is 11.2. The van der Waals surface area contributed by atoms with Crippen molar-refractivity contribution in [1.29, 1.82) is 0 Å². The minimum atomic E-state index is -3.38. The van der Waals surface area contributed by atoms with E-state index in [0.29, 0.717) is 37.3 Å². The normalized spacial score (nSPS) is 16.7. The lowest BCUT2D eigenvalue weighted by Crippen LogP contribution is -2.53. The molecule has 1 aliphatic heterocycles. The average molecular weight is 527 g/mol. The van der Waals surface area contributed by atoms with E-state index in [2.05, 4.69) is 36.1 Å². The van der Waals surface area contributed by atoms with Gasteiger partial charge in [-0.15, -0.1) is 24.0 Å². The summed E-state index contributed by atoms with van der Waals surface area (Å²) in [4.78, 5) is 6.87. The molecule has 1 aromatic rings. The molecule has 0 unspecified atom stereocenters. The number of guanidine groups is 1. The summed E-state index contributed by atoms with van der Waals surface area (Å²) in [5.74, 6) is 0.754. The van der Waals surface area contributed by atoms with E-state index < -0.39 is 10.0 Å². The zero-order chi connectivity index (χ0) is 19.9. The van der Waals surface area contributed by atoms with Gasteiger partial charge in [0, 0.05) is 45.3 Å². The molecule has 2 rings (SSSR count). The van der Waals surface area contributed by atoms with Crippen LogP contribution >= 0.6 is 24.0 Å². The van der Waals surface area contributed by atoms with Gasteiger partial charge in [0.05, 0.1) is 5.69 Å². The fraction of sp³-hybridized carbons (Fsp3) is 0.778. The van der Waals surface area contributed by atoms with Gasteiger partial charge >= 0.3 is 0 Å². The number of hydrogen-bond acceptors (Lipinski definition) is 5. The van der Waals surface area contributed by atoms with Gasteiger partial charge in [-0.1, -0.05) is 25.9 Å². The van der Waals surface area contributed by atoms with E-state index >= 15 is 0 Å². The first-order chi connectivity index (χ1) is 12.7. The number of hydrogen-bond donors (Lipinski definition) is 1. The molecule has 1 N–H and O–H groups in total. The molecule has 1 saturated heterocycles. The summed E-state index contributed by atoms with van der Waals surface area (Å²) in [5, 5.41) is 7.03. The maximum atomic E-state index is 12.5. The van der Waals surface area contributed by atoms with E-state index in [9.17, 15) is 8.42 Å². The highest BCUT2D eigenvalue weighted by Crippen LogP contribution is 2.20. The predicted molar refractivity (Wildman–Crippen MR) is 122 cm³/mol. The molecule has 8 nitrogen and oxygen atoms in total. The molecule has 28 heavy (non-hydrogen) atoms. The highest BCUT2D eigenvalue weighted by molar-refractivity contribution is 14.0. The number of rotatable bonds is 7. The van der Waals surface area contributed by atoms with Crippen molar-refractivity contribution in [1.82, 2.24) is 19.7 Å². The van der Waals surface area contributed by atoms with E-state index in [-0.39, 0.29) is 29.7 Å². The summed E-state index contributed by atoms with van der Waals surface area (Å²) >= 11 is 0. The second kappa shape index (κ2) is 11.3. The Kier molecular flexibility index (Phi) is 10.2. The molecule has 0 bridgehead atoms. The number of aromatic nitrogens is 1. The number of halogens is 1. The summed E-state index contributed by atoms with van der Waals surface area (Å²) in [7, 11) is -3.38. The zero-order valence-electron chi connectivity index (χ0n) is 17.3. The first-order valence-electron chi connectivity index (χ1n) is 9.61. The van der Waals surface area contributed by atoms with E-state index in [1.54, 1.807) is 6.07 Å². The Balaban J connectivity index is 0.00000392. The predicted octanol–water partition coefficient (Wildman–Crippen LogP) is 2.53. The fourth-order valence-corrected chi connectivity index (χ4v) is 4.41. The summed E-state index contributed by atoms with van der Waals surface area (Å²) in [6, 6.07) is 1.58. The maximum absolute atomic E-state index is 12.5. The van der Waals surface area contributed by atoms with Crippen LogP contribution in [0.25, 0.3) is 0 Å². The molecule has 0 radical (unpaired) electrons. The standard InChI is InChI=1S/C18H33N5O3S.HI/c1-5-19-17(20-9-6-8-18(2,3)4)22-10-12-23(13-11-22)27(24,25)15-16-7-14-26-21-16;/h7,14H,5-6,8-13,15H2,1-4H3,(H,19,20);1H. The Morgan fingerprint density at radius 3 is 2.50 bits per heavy atom. The Labute approximate surface area is 186 Å². The van der Waals surface area contributed by atoms with Gasteiger partial charge in [0.1, 0.15) is 12.0 Å². The first kappa shape index (κ1) is 25.2. The third kappa shape index (κ3) is 8.24. The van der Waals surface area contributed by atoms with Gasteiger partial charge in [0.2, 0.25) is 10.0 Å². The highest BCUT2D eigenvalue weighted by atomic mass is 127. The molecule has 162 valence electrons. The van der Waals surface area contributed by atoms with Crippen LogP contribution < -0.4 is 5.32 Å². The monoisotopic (exact) mass is 527 g/mol. The van der Waals surface area contributed by atoms with Crippen molar-refractivity contribution in [3.05, 3.63) is 18.0 Å². The molecule has 10 heteroatoms. The van der Waals surface area contributed by atoms with Gasteiger partial charge in [0.25, 0.3) is 0 Å². The summed E-state index contributed by atoms with van der Waals surface area (Å²) < 4.78 is 31.3. The van der Waals surface area contributed by atoms with E-state index in [0.717, 1.165) is 31.9 Å². The Hall–Kier alpha value is -0.880. The zero-order valence-corrected chi connectivity index (χ0v) is 20.5. The molecule has 2 heterocycles. The molecule has 1 aromatic heterocycles. The number of piperazine rings is 1. The minimum Gasteiger partial charge on any atom is -0.364 e. The lowest BCUT2D eigenvalue weighted by molar-refractivity contribution is 0.259. The summed E-state index contributed by atoms with van der Waals surface area (Å²) in [6.45, 7) is 12.5. The molecule has 0 aromatic carbocycles. The lowest BCUT2D eigenvalue weighted by atomic mass is 9.91.